The second-order valence-electron chi connectivity index (χ2n) is 7.67. The number of nitrogens with zero attached hydrogens (tertiary/aromatic N) is 3. The van der Waals surface area contributed by atoms with Crippen LogP contribution in [-0.4, -0.2) is 56.4 Å². The van der Waals surface area contributed by atoms with Crippen molar-refractivity contribution in [2.24, 2.45) is 4.99 Å². The summed E-state index contributed by atoms with van der Waals surface area (Å²) >= 11 is 1.34. The van der Waals surface area contributed by atoms with Crippen LogP contribution < -0.4 is 9.80 Å². The first-order valence-corrected chi connectivity index (χ1v) is 12.2. The van der Waals surface area contributed by atoms with Crippen LogP contribution in [0.2, 0.25) is 0 Å². The molecular formula is C21H22FN3O3S2. The van der Waals surface area contributed by atoms with Crippen molar-refractivity contribution in [2.45, 2.75) is 17.7 Å². The number of fused-ring (bicyclic) bond motifs is 1. The second-order valence-corrected chi connectivity index (χ2v) is 11.0. The van der Waals surface area contributed by atoms with Crippen LogP contribution in [0.5, 0.6) is 0 Å². The molecule has 2 aromatic carbocycles. The van der Waals surface area contributed by atoms with Crippen molar-refractivity contribution in [2.75, 3.05) is 35.4 Å². The maximum atomic E-state index is 13.1. The summed E-state index contributed by atoms with van der Waals surface area (Å²) < 4.78 is 37.4. The molecule has 6 nitrogen and oxygen atoms in total. The minimum absolute atomic E-state index is 0.0469. The number of halogens is 1. The lowest BCUT2D eigenvalue weighted by Crippen LogP contribution is -2.37. The molecule has 2 aliphatic heterocycles. The van der Waals surface area contributed by atoms with Crippen molar-refractivity contribution in [1.82, 2.24) is 0 Å². The minimum atomic E-state index is -3.12. The summed E-state index contributed by atoms with van der Waals surface area (Å²) in [6, 6.07) is 13.3. The van der Waals surface area contributed by atoms with E-state index in [1.807, 2.05) is 48.2 Å². The van der Waals surface area contributed by atoms with Gasteiger partial charge in [0.2, 0.25) is 0 Å². The number of benzene rings is 2. The molecule has 158 valence electrons. The Labute approximate surface area is 179 Å². The van der Waals surface area contributed by atoms with E-state index in [0.717, 1.165) is 11.4 Å². The number of rotatable bonds is 4. The number of carbonyl (C=O) groups excluding carboxylic acids is 1. The van der Waals surface area contributed by atoms with Crippen LogP contribution >= 0.6 is 11.8 Å². The van der Waals surface area contributed by atoms with E-state index in [4.69, 9.17) is 0 Å². The lowest BCUT2D eigenvalue weighted by molar-refractivity contribution is -0.117. The fourth-order valence-corrected chi connectivity index (χ4v) is 7.63. The third-order valence-electron chi connectivity index (χ3n) is 5.20. The topological polar surface area (TPSA) is 70.0 Å². The van der Waals surface area contributed by atoms with E-state index >= 15 is 0 Å². The Balaban J connectivity index is 1.62. The molecule has 1 amide bonds. The van der Waals surface area contributed by atoms with Crippen LogP contribution in [0, 0.1) is 5.82 Å². The van der Waals surface area contributed by atoms with E-state index < -0.39 is 9.84 Å². The summed E-state index contributed by atoms with van der Waals surface area (Å²) in [5.74, 6) is -0.572. The molecule has 0 N–H and O–H groups in total. The number of anilines is 2. The minimum Gasteiger partial charge on any atom is -0.378 e. The normalized spacial score (nSPS) is 23.6. The van der Waals surface area contributed by atoms with E-state index in [1.54, 1.807) is 12.1 Å². The molecule has 0 radical (unpaired) electrons. The molecule has 0 bridgehead atoms. The Morgan fingerprint density at radius 3 is 2.43 bits per heavy atom. The predicted octanol–water partition coefficient (Wildman–Crippen LogP) is 2.74. The van der Waals surface area contributed by atoms with Gasteiger partial charge in [-0.2, -0.15) is 4.99 Å². The fraction of sp³-hybridized carbons (Fsp3) is 0.333. The molecule has 0 aromatic heterocycles. The third-order valence-corrected chi connectivity index (χ3v) is 8.41. The van der Waals surface area contributed by atoms with Crippen molar-refractivity contribution < 1.29 is 17.6 Å². The van der Waals surface area contributed by atoms with E-state index in [-0.39, 0.29) is 40.9 Å². The number of amides is 1. The number of carbonyl (C=O) groups is 1. The summed E-state index contributed by atoms with van der Waals surface area (Å²) in [4.78, 5) is 20.7. The highest BCUT2D eigenvalue weighted by Gasteiger charge is 2.49. The maximum Gasteiger partial charge on any atom is 0.252 e. The lowest BCUT2D eigenvalue weighted by Gasteiger charge is -2.25. The van der Waals surface area contributed by atoms with Crippen LogP contribution in [0.25, 0.3) is 0 Å². The van der Waals surface area contributed by atoms with Gasteiger partial charge in [-0.3, -0.25) is 4.79 Å². The Morgan fingerprint density at radius 2 is 1.80 bits per heavy atom. The van der Waals surface area contributed by atoms with E-state index in [1.165, 1.54) is 23.9 Å². The van der Waals surface area contributed by atoms with Gasteiger partial charge in [0.25, 0.3) is 5.91 Å². The van der Waals surface area contributed by atoms with Crippen LogP contribution in [0.3, 0.4) is 0 Å². The van der Waals surface area contributed by atoms with E-state index in [0.29, 0.717) is 10.7 Å². The first kappa shape index (κ1) is 20.9. The lowest BCUT2D eigenvalue weighted by atomic mass is 10.1. The Kier molecular flexibility index (Phi) is 5.59. The average Bonchev–Trinajstić information content (AvgIpc) is 3.14. The highest BCUT2D eigenvalue weighted by Crippen LogP contribution is 2.41. The fourth-order valence-electron chi connectivity index (χ4n) is 3.70. The van der Waals surface area contributed by atoms with Gasteiger partial charge in [-0.05, 0) is 42.0 Å². The molecule has 0 spiro atoms. The van der Waals surface area contributed by atoms with Gasteiger partial charge in [-0.1, -0.05) is 23.9 Å². The Hall–Kier alpha value is -2.39. The van der Waals surface area contributed by atoms with Crippen LogP contribution in [0.15, 0.2) is 53.5 Å². The van der Waals surface area contributed by atoms with E-state index in [9.17, 15) is 17.6 Å². The SMILES string of the molecule is CN(C)c1ccc(N2C(=NC(=O)Cc3ccc(F)cc3)S[C@@H]3CS(=O)(=O)C[C@@H]32)cc1. The average molecular weight is 448 g/mol. The van der Waals surface area contributed by atoms with Crippen molar-refractivity contribution >= 4 is 44.0 Å². The quantitative estimate of drug-likeness (QED) is 0.718. The molecular weight excluding hydrogens is 425 g/mol. The molecule has 30 heavy (non-hydrogen) atoms. The number of sulfone groups is 1. The molecule has 2 atom stereocenters. The molecule has 9 heteroatoms. The number of hydrogen-bond acceptors (Lipinski definition) is 5. The van der Waals surface area contributed by atoms with Gasteiger partial charge in [0, 0.05) is 30.7 Å². The van der Waals surface area contributed by atoms with Crippen molar-refractivity contribution in [1.29, 1.82) is 0 Å². The third kappa shape index (κ3) is 4.37. The first-order chi connectivity index (χ1) is 14.2. The number of hydrogen-bond donors (Lipinski definition) is 0. The van der Waals surface area contributed by atoms with Gasteiger partial charge < -0.3 is 9.80 Å². The zero-order valence-corrected chi connectivity index (χ0v) is 18.3. The molecule has 0 aliphatic carbocycles. The van der Waals surface area contributed by atoms with Crippen LogP contribution in [0.1, 0.15) is 5.56 Å². The maximum absolute atomic E-state index is 13.1. The number of thioether (sulfide) groups is 1. The smallest absolute Gasteiger partial charge is 0.252 e. The standard InChI is InChI=1S/C21H22FN3O3S2/c1-24(2)16-7-9-17(10-8-16)25-18-12-30(27,28)13-19(18)29-21(25)23-20(26)11-14-3-5-15(22)6-4-14/h3-10,18-19H,11-13H2,1-2H3/t18-,19+/m0/s1. The number of amidine groups is 1. The van der Waals surface area contributed by atoms with Gasteiger partial charge in [0.05, 0.1) is 24.0 Å². The summed E-state index contributed by atoms with van der Waals surface area (Å²) in [6.07, 6.45) is 0.0609. The zero-order valence-electron chi connectivity index (χ0n) is 16.7. The summed E-state index contributed by atoms with van der Waals surface area (Å²) in [6.45, 7) is 0. The summed E-state index contributed by atoms with van der Waals surface area (Å²) in [5.41, 5.74) is 2.51. The Morgan fingerprint density at radius 1 is 1.13 bits per heavy atom. The molecule has 2 aromatic rings. The van der Waals surface area contributed by atoms with Crippen molar-refractivity contribution in [3.8, 4) is 0 Å². The molecule has 4 rings (SSSR count). The van der Waals surface area contributed by atoms with Gasteiger partial charge in [-0.25, -0.2) is 12.8 Å². The molecule has 2 fully saturated rings. The predicted molar refractivity (Wildman–Crippen MR) is 120 cm³/mol. The van der Waals surface area contributed by atoms with Crippen molar-refractivity contribution in [3.63, 3.8) is 0 Å². The number of aliphatic imine (C=N–C) groups is 1. The van der Waals surface area contributed by atoms with Crippen molar-refractivity contribution in [3.05, 3.63) is 59.9 Å². The van der Waals surface area contributed by atoms with Gasteiger partial charge >= 0.3 is 0 Å². The highest BCUT2D eigenvalue weighted by atomic mass is 32.2. The summed E-state index contributed by atoms with van der Waals surface area (Å²) in [5, 5.41) is 0.366. The molecule has 2 aliphatic rings. The molecule has 0 saturated carbocycles. The molecule has 2 saturated heterocycles. The van der Waals surface area contributed by atoms with Gasteiger partial charge in [0.15, 0.2) is 15.0 Å². The molecule has 2 heterocycles. The van der Waals surface area contributed by atoms with Gasteiger partial charge in [-0.15, -0.1) is 0 Å². The largest absolute Gasteiger partial charge is 0.378 e. The van der Waals surface area contributed by atoms with Gasteiger partial charge in [0.1, 0.15) is 5.82 Å². The second kappa shape index (κ2) is 8.03. The van der Waals surface area contributed by atoms with Crippen LogP contribution in [-0.2, 0) is 21.1 Å². The van der Waals surface area contributed by atoms with E-state index in [2.05, 4.69) is 4.99 Å². The zero-order chi connectivity index (χ0) is 21.5. The highest BCUT2D eigenvalue weighted by molar-refractivity contribution is 8.16. The summed E-state index contributed by atoms with van der Waals surface area (Å²) in [7, 11) is 0.773. The Bertz CT molecular complexity index is 1080. The first-order valence-electron chi connectivity index (χ1n) is 9.51. The molecule has 0 unspecified atom stereocenters. The van der Waals surface area contributed by atoms with Crippen LogP contribution in [0.4, 0.5) is 15.8 Å². The monoisotopic (exact) mass is 447 g/mol.